The highest BCUT2D eigenvalue weighted by molar-refractivity contribution is 5.95. The second-order valence-corrected chi connectivity index (χ2v) is 5.49. The number of carbonyl (C=O) groups excluding carboxylic acids is 2. The third-order valence-corrected chi connectivity index (χ3v) is 2.96. The highest BCUT2D eigenvalue weighted by Gasteiger charge is 2.24. The van der Waals surface area contributed by atoms with Crippen LogP contribution in [0.5, 0.6) is 0 Å². The molecule has 1 aromatic heterocycles. The molecule has 7 heteroatoms. The van der Waals surface area contributed by atoms with E-state index in [2.05, 4.69) is 5.32 Å². The van der Waals surface area contributed by atoms with Crippen molar-refractivity contribution in [3.63, 3.8) is 0 Å². The number of furan rings is 1. The smallest absolute Gasteiger partial charge is 0.305 e. The van der Waals surface area contributed by atoms with Gasteiger partial charge in [-0.25, -0.2) is 0 Å². The molecule has 1 heterocycles. The summed E-state index contributed by atoms with van der Waals surface area (Å²) in [6.45, 7) is 6.00. The van der Waals surface area contributed by atoms with Gasteiger partial charge >= 0.3 is 5.97 Å². The Bertz CT molecular complexity index is 510. The molecular formula is C15H22N2O5. The third-order valence-electron chi connectivity index (χ3n) is 2.96. The number of hydrogen-bond donors (Lipinski definition) is 2. The Morgan fingerprint density at radius 1 is 1.32 bits per heavy atom. The van der Waals surface area contributed by atoms with Gasteiger partial charge in [-0.05, 0) is 25.0 Å². The summed E-state index contributed by atoms with van der Waals surface area (Å²) in [6, 6.07) is 2.33. The molecule has 0 radical (unpaired) electrons. The molecule has 0 bridgehead atoms. The molecule has 0 saturated carbocycles. The summed E-state index contributed by atoms with van der Waals surface area (Å²) in [7, 11) is 0. The van der Waals surface area contributed by atoms with E-state index in [1.165, 1.54) is 17.2 Å². The number of rotatable bonds is 8. The molecule has 22 heavy (non-hydrogen) atoms. The largest absolute Gasteiger partial charge is 0.481 e. The van der Waals surface area contributed by atoms with Crippen molar-refractivity contribution in [3.05, 3.63) is 24.2 Å². The predicted molar refractivity (Wildman–Crippen MR) is 79.3 cm³/mol. The van der Waals surface area contributed by atoms with Crippen LogP contribution in [-0.2, 0) is 9.59 Å². The highest BCUT2D eigenvalue weighted by atomic mass is 16.4. The van der Waals surface area contributed by atoms with E-state index in [-0.39, 0.29) is 30.6 Å². The van der Waals surface area contributed by atoms with Crippen molar-refractivity contribution >= 4 is 17.8 Å². The highest BCUT2D eigenvalue weighted by Crippen LogP contribution is 2.05. The van der Waals surface area contributed by atoms with Gasteiger partial charge in [-0.15, -0.1) is 0 Å². The second-order valence-electron chi connectivity index (χ2n) is 5.49. The van der Waals surface area contributed by atoms with Crippen LogP contribution < -0.4 is 5.32 Å². The van der Waals surface area contributed by atoms with E-state index in [9.17, 15) is 14.4 Å². The van der Waals surface area contributed by atoms with E-state index >= 15 is 0 Å². The van der Waals surface area contributed by atoms with E-state index in [0.717, 1.165) is 0 Å². The molecule has 0 aliphatic carbocycles. The Morgan fingerprint density at radius 2 is 2.00 bits per heavy atom. The third kappa shape index (κ3) is 5.59. The number of carbonyl (C=O) groups is 3. The van der Waals surface area contributed by atoms with Gasteiger partial charge in [0.1, 0.15) is 6.04 Å². The van der Waals surface area contributed by atoms with E-state index in [1.807, 2.05) is 13.8 Å². The van der Waals surface area contributed by atoms with Crippen LogP contribution in [0.4, 0.5) is 0 Å². The quantitative estimate of drug-likeness (QED) is 0.755. The van der Waals surface area contributed by atoms with Crippen molar-refractivity contribution in [2.24, 2.45) is 5.92 Å². The van der Waals surface area contributed by atoms with Gasteiger partial charge in [-0.2, -0.15) is 0 Å². The van der Waals surface area contributed by atoms with Crippen molar-refractivity contribution in [2.45, 2.75) is 33.2 Å². The molecular weight excluding hydrogens is 288 g/mol. The molecule has 1 rings (SSSR count). The fraction of sp³-hybridized carbons (Fsp3) is 0.533. The van der Waals surface area contributed by atoms with Gasteiger partial charge in [0.15, 0.2) is 5.76 Å². The van der Waals surface area contributed by atoms with Crippen LogP contribution in [0.2, 0.25) is 0 Å². The number of carboxylic acids is 1. The summed E-state index contributed by atoms with van der Waals surface area (Å²) in [5.41, 5.74) is 0. The van der Waals surface area contributed by atoms with Crippen molar-refractivity contribution in [1.82, 2.24) is 10.2 Å². The maximum atomic E-state index is 12.4. The maximum Gasteiger partial charge on any atom is 0.305 e. The lowest BCUT2D eigenvalue weighted by atomic mass is 10.1. The number of hydrogen-bond acceptors (Lipinski definition) is 4. The Morgan fingerprint density at radius 3 is 2.50 bits per heavy atom. The van der Waals surface area contributed by atoms with Gasteiger partial charge in [-0.3, -0.25) is 14.4 Å². The predicted octanol–water partition coefficient (Wildman–Crippen LogP) is 1.36. The number of amides is 2. The molecule has 2 N–H and O–H groups in total. The lowest BCUT2D eigenvalue weighted by Crippen LogP contribution is -2.48. The maximum absolute atomic E-state index is 12.4. The molecule has 0 spiro atoms. The van der Waals surface area contributed by atoms with Crippen LogP contribution in [0, 0.1) is 5.92 Å². The van der Waals surface area contributed by atoms with Gasteiger partial charge in [0.25, 0.3) is 5.91 Å². The van der Waals surface area contributed by atoms with Gasteiger partial charge in [0, 0.05) is 13.1 Å². The molecule has 1 aromatic rings. The van der Waals surface area contributed by atoms with Crippen molar-refractivity contribution < 1.29 is 23.9 Å². The zero-order valence-electron chi connectivity index (χ0n) is 13.0. The molecule has 7 nitrogen and oxygen atoms in total. The monoisotopic (exact) mass is 310 g/mol. The van der Waals surface area contributed by atoms with Gasteiger partial charge < -0.3 is 19.7 Å². The first-order valence-electron chi connectivity index (χ1n) is 7.16. The average molecular weight is 310 g/mol. The summed E-state index contributed by atoms with van der Waals surface area (Å²) in [5, 5.41) is 11.3. The first kappa shape index (κ1) is 17.7. The van der Waals surface area contributed by atoms with E-state index in [4.69, 9.17) is 9.52 Å². The van der Waals surface area contributed by atoms with Crippen LogP contribution >= 0.6 is 0 Å². The first-order valence-corrected chi connectivity index (χ1v) is 7.16. The normalized spacial score (nSPS) is 12.0. The van der Waals surface area contributed by atoms with Crippen LogP contribution in [0.15, 0.2) is 22.8 Å². The number of nitrogens with one attached hydrogen (secondary N) is 1. The summed E-state index contributed by atoms with van der Waals surface area (Å²) in [6.07, 6.45) is 1.25. The van der Waals surface area contributed by atoms with Crippen molar-refractivity contribution in [3.8, 4) is 0 Å². The standard InChI is InChI=1S/C15H22N2O5/c1-10(2)9-17(7-6-13(18)19)15(21)11(3)16-14(20)12-5-4-8-22-12/h4-5,8,10-11H,6-7,9H2,1-3H3,(H,16,20)(H,18,19). The second kappa shape index (κ2) is 8.21. The summed E-state index contributed by atoms with van der Waals surface area (Å²) in [5.74, 6) is -1.43. The summed E-state index contributed by atoms with van der Waals surface area (Å²) >= 11 is 0. The van der Waals surface area contributed by atoms with E-state index in [0.29, 0.717) is 6.54 Å². The molecule has 122 valence electrons. The minimum Gasteiger partial charge on any atom is -0.481 e. The van der Waals surface area contributed by atoms with Crippen LogP contribution in [0.25, 0.3) is 0 Å². The van der Waals surface area contributed by atoms with Crippen LogP contribution in [0.1, 0.15) is 37.7 Å². The summed E-state index contributed by atoms with van der Waals surface area (Å²) in [4.78, 5) is 36.4. The van der Waals surface area contributed by atoms with Gasteiger partial charge in [-0.1, -0.05) is 13.8 Å². The SMILES string of the molecule is CC(C)CN(CCC(=O)O)C(=O)C(C)NC(=O)c1ccco1. The molecule has 0 aromatic carbocycles. The molecule has 1 atom stereocenters. The number of carboxylic acid groups (broad SMARTS) is 1. The van der Waals surface area contributed by atoms with E-state index in [1.54, 1.807) is 13.0 Å². The minimum absolute atomic E-state index is 0.118. The Kier molecular flexibility index (Phi) is 6.62. The fourth-order valence-corrected chi connectivity index (χ4v) is 1.97. The van der Waals surface area contributed by atoms with Gasteiger partial charge in [0.2, 0.25) is 5.91 Å². The first-order chi connectivity index (χ1) is 10.3. The van der Waals surface area contributed by atoms with Crippen molar-refractivity contribution in [1.29, 1.82) is 0 Å². The lowest BCUT2D eigenvalue weighted by molar-refractivity contribution is -0.139. The molecule has 1 unspecified atom stereocenters. The Hall–Kier alpha value is -2.31. The zero-order valence-corrected chi connectivity index (χ0v) is 13.0. The average Bonchev–Trinajstić information content (AvgIpc) is 2.96. The minimum atomic E-state index is -0.964. The van der Waals surface area contributed by atoms with Crippen molar-refractivity contribution in [2.75, 3.05) is 13.1 Å². The number of nitrogens with zero attached hydrogens (tertiary/aromatic N) is 1. The molecule has 0 saturated heterocycles. The topological polar surface area (TPSA) is 99.9 Å². The molecule has 0 aliphatic heterocycles. The molecule has 0 fully saturated rings. The Balaban J connectivity index is 2.66. The van der Waals surface area contributed by atoms with Crippen LogP contribution in [0.3, 0.4) is 0 Å². The number of aliphatic carboxylic acids is 1. The van der Waals surface area contributed by atoms with Crippen LogP contribution in [-0.4, -0.2) is 46.9 Å². The fourth-order valence-electron chi connectivity index (χ4n) is 1.97. The van der Waals surface area contributed by atoms with E-state index < -0.39 is 17.9 Å². The Labute approximate surface area is 129 Å². The summed E-state index contributed by atoms with van der Waals surface area (Å²) < 4.78 is 4.97. The lowest BCUT2D eigenvalue weighted by Gasteiger charge is -2.27. The molecule has 0 aliphatic rings. The molecule has 2 amide bonds. The van der Waals surface area contributed by atoms with Gasteiger partial charge in [0.05, 0.1) is 12.7 Å². The zero-order chi connectivity index (χ0) is 16.7.